The van der Waals surface area contributed by atoms with Crippen LogP contribution in [0, 0.1) is 22.7 Å². The number of benzene rings is 1. The van der Waals surface area contributed by atoms with E-state index in [0.29, 0.717) is 0 Å². The molecule has 166 valence electrons. The van der Waals surface area contributed by atoms with E-state index in [-0.39, 0.29) is 44.5 Å². The number of aryl methyl sites for hydroxylation is 1. The van der Waals surface area contributed by atoms with Gasteiger partial charge in [0.05, 0.1) is 16.4 Å². The first-order valence-electron chi connectivity index (χ1n) is 9.20. The molecule has 0 aliphatic heterocycles. The number of nitrogens with two attached hydrogens (primary N) is 1. The summed E-state index contributed by atoms with van der Waals surface area (Å²) in [6.07, 6.45) is 0. The maximum absolute atomic E-state index is 12.7. The fourth-order valence-electron chi connectivity index (χ4n) is 2.93. The Hall–Kier alpha value is -4.62. The van der Waals surface area contributed by atoms with Crippen LogP contribution in [-0.2, 0) is 11.8 Å². The van der Waals surface area contributed by atoms with Gasteiger partial charge in [-0.2, -0.15) is 10.5 Å². The van der Waals surface area contributed by atoms with Gasteiger partial charge in [-0.3, -0.25) is 9.32 Å². The van der Waals surface area contributed by atoms with E-state index in [4.69, 9.17) is 15.4 Å². The second-order valence-corrected chi connectivity index (χ2v) is 8.00. The number of aromatic carboxylic acids is 1. The topological polar surface area (TPSA) is 203 Å². The average molecular weight is 466 g/mol. The van der Waals surface area contributed by atoms with Crippen molar-refractivity contribution >= 4 is 35.1 Å². The number of aromatic nitrogens is 3. The van der Waals surface area contributed by atoms with Gasteiger partial charge in [0.2, 0.25) is 5.91 Å². The largest absolute Gasteiger partial charge is 0.478 e. The summed E-state index contributed by atoms with van der Waals surface area (Å²) in [5.74, 6) is -1.86. The van der Waals surface area contributed by atoms with Crippen molar-refractivity contribution in [2.24, 2.45) is 7.05 Å². The number of nitrogen functional groups attached to an aromatic ring is 1. The van der Waals surface area contributed by atoms with Gasteiger partial charge in [-0.1, -0.05) is 22.5 Å². The fraction of sp³-hybridized carbons (Fsp3) is 0.150. The standard InChI is InChI=1S/C20H15N7O5S/c1-9(17(28)24-11-5-3-4-10(6-11)19(29)30)33-18-13(8-22)14(12(7-21)16(23)25-18)15-20(31)32-26-27(15)2/h3-6,9H,1-2H3,(H4-,23,24,25,26,28,29,30,31)/p+1. The summed E-state index contributed by atoms with van der Waals surface area (Å²) in [6.45, 7) is 1.54. The van der Waals surface area contributed by atoms with Gasteiger partial charge in [0.15, 0.2) is 7.05 Å². The van der Waals surface area contributed by atoms with Gasteiger partial charge >= 0.3 is 17.3 Å². The molecule has 5 N–H and O–H groups in total. The van der Waals surface area contributed by atoms with Crippen molar-refractivity contribution in [3.8, 4) is 23.4 Å². The number of carboxylic acids is 1. The number of nitrogens with zero attached hydrogens (tertiary/aromatic N) is 4. The Morgan fingerprint density at radius 1 is 1.33 bits per heavy atom. The van der Waals surface area contributed by atoms with Gasteiger partial charge in [0.1, 0.15) is 34.1 Å². The number of thioether (sulfide) groups is 1. The van der Waals surface area contributed by atoms with Gasteiger partial charge in [-0.15, -0.1) is 0 Å². The highest BCUT2D eigenvalue weighted by Gasteiger charge is 2.32. The number of hydrogen-bond donors (Lipinski definition) is 4. The number of H-pyrrole nitrogens is 1. The van der Waals surface area contributed by atoms with E-state index in [2.05, 4.69) is 15.6 Å². The van der Waals surface area contributed by atoms with Crippen LogP contribution in [0.1, 0.15) is 28.4 Å². The van der Waals surface area contributed by atoms with Crippen LogP contribution >= 0.6 is 11.8 Å². The molecule has 13 heteroatoms. The number of aromatic amines is 1. The molecule has 33 heavy (non-hydrogen) atoms. The summed E-state index contributed by atoms with van der Waals surface area (Å²) in [4.78, 5) is 40.1. The third-order valence-corrected chi connectivity index (χ3v) is 5.58. The Balaban J connectivity index is 1.99. The van der Waals surface area contributed by atoms with Gasteiger partial charge in [0.25, 0.3) is 0 Å². The third-order valence-electron chi connectivity index (χ3n) is 4.49. The molecule has 0 aliphatic carbocycles. The highest BCUT2D eigenvalue weighted by Crippen LogP contribution is 2.35. The molecular weight excluding hydrogens is 450 g/mol. The van der Waals surface area contributed by atoms with Crippen molar-refractivity contribution in [3.05, 3.63) is 51.4 Å². The quantitative estimate of drug-likeness (QED) is 0.299. The van der Waals surface area contributed by atoms with Gasteiger partial charge in [-0.05, 0) is 30.4 Å². The van der Waals surface area contributed by atoms with Crippen LogP contribution in [0.4, 0.5) is 11.5 Å². The predicted molar refractivity (Wildman–Crippen MR) is 115 cm³/mol. The lowest BCUT2D eigenvalue weighted by molar-refractivity contribution is -0.730. The molecule has 0 saturated carbocycles. The molecule has 3 rings (SSSR count). The molecule has 0 aliphatic rings. The average Bonchev–Trinajstić information content (AvgIpc) is 3.11. The molecule has 0 bridgehead atoms. The summed E-state index contributed by atoms with van der Waals surface area (Å²) >= 11 is 0.886. The monoisotopic (exact) mass is 466 g/mol. The van der Waals surface area contributed by atoms with Crippen molar-refractivity contribution in [1.82, 2.24) is 10.3 Å². The Labute approximate surface area is 190 Å². The normalized spacial score (nSPS) is 11.3. The van der Waals surface area contributed by atoms with Crippen LogP contribution in [0.15, 0.2) is 38.6 Å². The maximum atomic E-state index is 12.7. The van der Waals surface area contributed by atoms with E-state index in [1.807, 2.05) is 12.1 Å². The maximum Gasteiger partial charge on any atom is 0.435 e. The number of carbonyl (C=O) groups excluding carboxylic acids is 1. The van der Waals surface area contributed by atoms with Crippen molar-refractivity contribution < 1.29 is 23.9 Å². The minimum atomic E-state index is -1.14. The summed E-state index contributed by atoms with van der Waals surface area (Å²) in [7, 11) is 1.45. The molecule has 2 aromatic heterocycles. The Kier molecular flexibility index (Phi) is 6.46. The molecule has 0 spiro atoms. The van der Waals surface area contributed by atoms with E-state index in [1.54, 1.807) is 6.92 Å². The lowest BCUT2D eigenvalue weighted by Crippen LogP contribution is -2.34. The summed E-state index contributed by atoms with van der Waals surface area (Å²) in [5.41, 5.74) is 4.90. The summed E-state index contributed by atoms with van der Waals surface area (Å²) in [5, 5.41) is 32.6. The number of anilines is 2. The van der Waals surface area contributed by atoms with Crippen molar-refractivity contribution in [2.45, 2.75) is 17.2 Å². The number of nitrogens with one attached hydrogen (secondary N) is 2. The number of hydrogen-bond acceptors (Lipinski definition) is 9. The summed E-state index contributed by atoms with van der Waals surface area (Å²) < 4.78 is 5.92. The fourth-order valence-corrected chi connectivity index (χ4v) is 3.84. The van der Waals surface area contributed by atoms with Crippen LogP contribution in [0.25, 0.3) is 11.3 Å². The van der Waals surface area contributed by atoms with E-state index < -0.39 is 22.8 Å². The SMILES string of the molecule is CC(Sc1nc(N)c(C#N)c(-c2c(=O)o[nH][n+]2C)c1C#N)C(=O)Nc1cccc(C(=O)O)c1. The zero-order valence-corrected chi connectivity index (χ0v) is 18.1. The molecule has 0 saturated heterocycles. The molecule has 2 heterocycles. The molecule has 1 unspecified atom stereocenters. The number of amides is 1. The minimum absolute atomic E-state index is 0.00394. The first-order valence-corrected chi connectivity index (χ1v) is 10.1. The van der Waals surface area contributed by atoms with Crippen molar-refractivity contribution in [2.75, 3.05) is 11.1 Å². The lowest BCUT2D eigenvalue weighted by Gasteiger charge is -2.14. The molecule has 12 nitrogen and oxygen atoms in total. The van der Waals surface area contributed by atoms with Crippen LogP contribution in [0.2, 0.25) is 0 Å². The Bertz CT molecular complexity index is 1410. The number of rotatable bonds is 6. The molecule has 1 atom stereocenters. The van der Waals surface area contributed by atoms with E-state index in [9.17, 15) is 24.9 Å². The van der Waals surface area contributed by atoms with Crippen molar-refractivity contribution in [1.29, 1.82) is 10.5 Å². The zero-order valence-electron chi connectivity index (χ0n) is 17.2. The molecule has 0 radical (unpaired) electrons. The number of carbonyl (C=O) groups is 2. The predicted octanol–water partition coefficient (Wildman–Crippen LogP) is 0.997. The second-order valence-electron chi connectivity index (χ2n) is 6.67. The molecule has 1 amide bonds. The highest BCUT2D eigenvalue weighted by molar-refractivity contribution is 8.00. The van der Waals surface area contributed by atoms with E-state index in [0.717, 1.165) is 11.8 Å². The van der Waals surface area contributed by atoms with Crippen LogP contribution < -0.4 is 21.4 Å². The first kappa shape index (κ1) is 23.1. The van der Waals surface area contributed by atoms with Gasteiger partial charge < -0.3 is 16.2 Å². The zero-order chi connectivity index (χ0) is 24.3. The minimum Gasteiger partial charge on any atom is -0.478 e. The highest BCUT2D eigenvalue weighted by atomic mass is 32.2. The Morgan fingerprint density at radius 2 is 2.03 bits per heavy atom. The molecule has 3 aromatic rings. The van der Waals surface area contributed by atoms with Gasteiger partial charge in [0, 0.05) is 5.69 Å². The smallest absolute Gasteiger partial charge is 0.435 e. The third kappa shape index (κ3) is 4.53. The molecule has 0 fully saturated rings. The second kappa shape index (κ2) is 9.25. The van der Waals surface area contributed by atoms with Gasteiger partial charge in [-0.25, -0.2) is 14.6 Å². The molecular formula is C20H16N7O5S+. The van der Waals surface area contributed by atoms with E-state index in [1.165, 1.54) is 36.0 Å². The number of carboxylic acid groups (broad SMARTS) is 1. The van der Waals surface area contributed by atoms with Crippen LogP contribution in [-0.4, -0.2) is 32.5 Å². The van der Waals surface area contributed by atoms with Crippen molar-refractivity contribution in [3.63, 3.8) is 0 Å². The Morgan fingerprint density at radius 3 is 2.61 bits per heavy atom. The summed E-state index contributed by atoms with van der Waals surface area (Å²) in [6, 6.07) is 9.49. The number of pyridine rings is 1. The van der Waals surface area contributed by atoms with Crippen LogP contribution in [0.3, 0.4) is 0 Å². The van der Waals surface area contributed by atoms with E-state index >= 15 is 0 Å². The first-order chi connectivity index (χ1) is 15.7. The lowest BCUT2D eigenvalue weighted by atomic mass is 10.0. The molecule has 1 aromatic carbocycles. The number of nitriles is 2. The van der Waals surface area contributed by atoms with Crippen LogP contribution in [0.5, 0.6) is 0 Å².